The van der Waals surface area contributed by atoms with Gasteiger partial charge in [-0.05, 0) is 18.3 Å². The summed E-state index contributed by atoms with van der Waals surface area (Å²) >= 11 is 0. The lowest BCUT2D eigenvalue weighted by atomic mass is 9.92. The topological polar surface area (TPSA) is 48.9 Å². The quantitative estimate of drug-likeness (QED) is 0.555. The van der Waals surface area contributed by atoms with Crippen molar-refractivity contribution in [1.82, 2.24) is 15.5 Å². The molecular weight excluding hydrogens is 276 g/mol. The van der Waals surface area contributed by atoms with Crippen LogP contribution in [0.3, 0.4) is 0 Å². The molecule has 128 valence electrons. The molecule has 2 N–H and O–H groups in total. The van der Waals surface area contributed by atoms with Crippen molar-refractivity contribution in [2.45, 2.75) is 52.1 Å². The first kappa shape index (κ1) is 17.5. The molecule has 0 amide bonds. The number of nitrogens with one attached hydrogen (secondary N) is 2. The number of morpholine rings is 1. The highest BCUT2D eigenvalue weighted by Gasteiger charge is 2.33. The summed E-state index contributed by atoms with van der Waals surface area (Å²) in [4.78, 5) is 6.98. The molecule has 3 unspecified atom stereocenters. The lowest BCUT2D eigenvalue weighted by Gasteiger charge is -2.39. The van der Waals surface area contributed by atoms with Crippen LogP contribution in [0, 0.1) is 11.8 Å². The Morgan fingerprint density at radius 2 is 1.91 bits per heavy atom. The number of hydrogen-bond acceptors (Lipinski definition) is 3. The van der Waals surface area contributed by atoms with E-state index in [1.807, 2.05) is 7.05 Å². The molecule has 2 aliphatic rings. The Labute approximate surface area is 135 Å². The number of guanidine groups is 1. The fraction of sp³-hybridized carbons (Fsp3) is 0.941. The van der Waals surface area contributed by atoms with Crippen LogP contribution in [-0.2, 0) is 4.74 Å². The number of nitrogens with zero attached hydrogens (tertiary/aromatic N) is 2. The van der Waals surface area contributed by atoms with Crippen LogP contribution in [0.4, 0.5) is 0 Å². The van der Waals surface area contributed by atoms with Gasteiger partial charge in [-0.25, -0.2) is 0 Å². The van der Waals surface area contributed by atoms with Crippen LogP contribution in [0.5, 0.6) is 0 Å². The van der Waals surface area contributed by atoms with E-state index in [9.17, 15) is 0 Å². The van der Waals surface area contributed by atoms with E-state index < -0.39 is 0 Å². The second-order valence-corrected chi connectivity index (χ2v) is 6.71. The predicted octanol–water partition coefficient (Wildman–Crippen LogP) is 1.70. The Balaban J connectivity index is 1.89. The second kappa shape index (κ2) is 8.73. The maximum Gasteiger partial charge on any atom is 0.191 e. The molecule has 22 heavy (non-hydrogen) atoms. The molecule has 1 saturated carbocycles. The lowest BCUT2D eigenvalue weighted by molar-refractivity contribution is 0.00272. The van der Waals surface area contributed by atoms with Crippen molar-refractivity contribution < 1.29 is 4.74 Å². The summed E-state index contributed by atoms with van der Waals surface area (Å²) in [5, 5.41) is 7.08. The van der Waals surface area contributed by atoms with Crippen LogP contribution in [0.1, 0.15) is 40.0 Å². The highest BCUT2D eigenvalue weighted by Crippen LogP contribution is 2.28. The molecule has 0 spiro atoms. The van der Waals surface area contributed by atoms with Crippen LogP contribution < -0.4 is 10.6 Å². The standard InChI is InChI=1S/C17H34N4O/c1-5-14(6-2)16(21-7-9-22-10-8-21)12-19-17(18-4)20-15-11-13(15)3/h13-16H,5-12H2,1-4H3,(H2,18,19,20). The summed E-state index contributed by atoms with van der Waals surface area (Å²) in [7, 11) is 1.86. The minimum atomic E-state index is 0.564. The van der Waals surface area contributed by atoms with E-state index in [2.05, 4.69) is 41.3 Å². The van der Waals surface area contributed by atoms with Gasteiger partial charge >= 0.3 is 0 Å². The minimum Gasteiger partial charge on any atom is -0.379 e. The first-order valence-corrected chi connectivity index (χ1v) is 8.98. The van der Waals surface area contributed by atoms with Crippen LogP contribution >= 0.6 is 0 Å². The summed E-state index contributed by atoms with van der Waals surface area (Å²) in [6, 6.07) is 1.18. The first-order valence-electron chi connectivity index (χ1n) is 8.98. The molecule has 0 radical (unpaired) electrons. The maximum atomic E-state index is 5.52. The average molecular weight is 310 g/mol. The van der Waals surface area contributed by atoms with E-state index in [1.54, 1.807) is 0 Å². The molecule has 2 rings (SSSR count). The normalized spacial score (nSPS) is 27.8. The van der Waals surface area contributed by atoms with Gasteiger partial charge in [-0.3, -0.25) is 9.89 Å². The summed E-state index contributed by atoms with van der Waals surface area (Å²) < 4.78 is 5.52. The molecule has 1 aliphatic carbocycles. The van der Waals surface area contributed by atoms with Gasteiger partial charge < -0.3 is 15.4 Å². The van der Waals surface area contributed by atoms with Crippen molar-refractivity contribution in [3.63, 3.8) is 0 Å². The highest BCUT2D eigenvalue weighted by molar-refractivity contribution is 5.80. The minimum absolute atomic E-state index is 0.564. The highest BCUT2D eigenvalue weighted by atomic mass is 16.5. The van der Waals surface area contributed by atoms with Gasteiger partial charge in [-0.1, -0.05) is 33.6 Å². The summed E-state index contributed by atoms with van der Waals surface area (Å²) in [5.74, 6) is 2.47. The van der Waals surface area contributed by atoms with E-state index in [4.69, 9.17) is 4.74 Å². The van der Waals surface area contributed by atoms with Gasteiger partial charge in [0.25, 0.3) is 0 Å². The molecule has 1 saturated heterocycles. The summed E-state index contributed by atoms with van der Waals surface area (Å²) in [5.41, 5.74) is 0. The third kappa shape index (κ3) is 4.85. The molecule has 0 aromatic rings. The average Bonchev–Trinajstić information content (AvgIpc) is 3.25. The van der Waals surface area contributed by atoms with Gasteiger partial charge in [0.15, 0.2) is 5.96 Å². The predicted molar refractivity (Wildman–Crippen MR) is 92.3 cm³/mol. The molecule has 1 aliphatic heterocycles. The third-order valence-corrected chi connectivity index (χ3v) is 5.24. The zero-order valence-electron chi connectivity index (χ0n) is 14.8. The van der Waals surface area contributed by atoms with Gasteiger partial charge in [0.1, 0.15) is 0 Å². The molecule has 0 aromatic heterocycles. The fourth-order valence-electron chi connectivity index (χ4n) is 3.43. The monoisotopic (exact) mass is 310 g/mol. The zero-order valence-corrected chi connectivity index (χ0v) is 14.8. The first-order chi connectivity index (χ1) is 10.7. The van der Waals surface area contributed by atoms with Gasteiger partial charge in [0.2, 0.25) is 0 Å². The van der Waals surface area contributed by atoms with Gasteiger partial charge in [0, 0.05) is 38.8 Å². The largest absolute Gasteiger partial charge is 0.379 e. The number of ether oxygens (including phenoxy) is 1. The fourth-order valence-corrected chi connectivity index (χ4v) is 3.43. The van der Waals surface area contributed by atoms with Crippen molar-refractivity contribution in [1.29, 1.82) is 0 Å². The van der Waals surface area contributed by atoms with Crippen molar-refractivity contribution in [2.24, 2.45) is 16.8 Å². The number of aliphatic imine (C=N–C) groups is 1. The Kier molecular flexibility index (Phi) is 6.96. The smallest absolute Gasteiger partial charge is 0.191 e. The summed E-state index contributed by atoms with van der Waals surface area (Å²) in [6.07, 6.45) is 3.72. The Hall–Kier alpha value is -0.810. The maximum absolute atomic E-state index is 5.52. The van der Waals surface area contributed by atoms with E-state index in [-0.39, 0.29) is 0 Å². The molecule has 1 heterocycles. The van der Waals surface area contributed by atoms with Crippen LogP contribution in [0.2, 0.25) is 0 Å². The van der Waals surface area contributed by atoms with Crippen molar-refractivity contribution >= 4 is 5.96 Å². The van der Waals surface area contributed by atoms with Crippen molar-refractivity contribution in [2.75, 3.05) is 39.9 Å². The second-order valence-electron chi connectivity index (χ2n) is 6.71. The third-order valence-electron chi connectivity index (χ3n) is 5.24. The number of rotatable bonds is 7. The Bertz CT molecular complexity index is 351. The molecule has 5 nitrogen and oxygen atoms in total. The molecule has 3 atom stereocenters. The van der Waals surface area contributed by atoms with E-state index >= 15 is 0 Å². The molecule has 5 heteroatoms. The van der Waals surface area contributed by atoms with Crippen LogP contribution in [-0.4, -0.2) is 62.8 Å². The van der Waals surface area contributed by atoms with Crippen molar-refractivity contribution in [3.8, 4) is 0 Å². The van der Waals surface area contributed by atoms with Crippen molar-refractivity contribution in [3.05, 3.63) is 0 Å². The SMILES string of the molecule is CCC(CC)C(CNC(=NC)NC1CC1C)N1CCOCC1. The van der Waals surface area contributed by atoms with Gasteiger partial charge in [-0.2, -0.15) is 0 Å². The van der Waals surface area contributed by atoms with Crippen LogP contribution in [0.15, 0.2) is 4.99 Å². The van der Waals surface area contributed by atoms with E-state index in [0.717, 1.165) is 50.6 Å². The van der Waals surface area contributed by atoms with Gasteiger partial charge in [0.05, 0.1) is 13.2 Å². The Morgan fingerprint density at radius 1 is 1.27 bits per heavy atom. The molecule has 0 aromatic carbocycles. The van der Waals surface area contributed by atoms with E-state index in [0.29, 0.717) is 12.1 Å². The zero-order chi connectivity index (χ0) is 15.9. The molecule has 2 fully saturated rings. The van der Waals surface area contributed by atoms with Gasteiger partial charge in [-0.15, -0.1) is 0 Å². The van der Waals surface area contributed by atoms with Crippen LogP contribution in [0.25, 0.3) is 0 Å². The lowest BCUT2D eigenvalue weighted by Crippen LogP contribution is -2.53. The van der Waals surface area contributed by atoms with E-state index in [1.165, 1.54) is 19.3 Å². The number of hydrogen-bond donors (Lipinski definition) is 2. The Morgan fingerprint density at radius 3 is 2.41 bits per heavy atom. The molecule has 0 bridgehead atoms. The molecular formula is C17H34N4O. The summed E-state index contributed by atoms with van der Waals surface area (Å²) in [6.45, 7) is 11.7.